The van der Waals surface area contributed by atoms with Gasteiger partial charge in [-0.3, -0.25) is 9.59 Å². The second-order valence-corrected chi connectivity index (χ2v) is 5.89. The fourth-order valence-electron chi connectivity index (χ4n) is 3.04. The van der Waals surface area contributed by atoms with Crippen molar-refractivity contribution in [2.24, 2.45) is 11.8 Å². The van der Waals surface area contributed by atoms with E-state index in [0.717, 1.165) is 18.5 Å². The Morgan fingerprint density at radius 2 is 2.04 bits per heavy atom. The van der Waals surface area contributed by atoms with Gasteiger partial charge in [-0.15, -0.1) is 0 Å². The molecular formula is C17H19N3O3. The van der Waals surface area contributed by atoms with Gasteiger partial charge in [0.25, 0.3) is 0 Å². The number of carbonyl (C=O) groups is 2. The summed E-state index contributed by atoms with van der Waals surface area (Å²) in [5.41, 5.74) is 1.56. The summed E-state index contributed by atoms with van der Waals surface area (Å²) < 4.78 is 1.72. The number of carboxylic acids is 1. The maximum absolute atomic E-state index is 12.4. The molecule has 2 unspecified atom stereocenters. The molecule has 2 N–H and O–H groups in total. The highest BCUT2D eigenvalue weighted by atomic mass is 16.4. The van der Waals surface area contributed by atoms with Crippen LogP contribution < -0.4 is 5.32 Å². The lowest BCUT2D eigenvalue weighted by atomic mass is 9.81. The van der Waals surface area contributed by atoms with Crippen molar-refractivity contribution in [2.75, 3.05) is 5.32 Å². The van der Waals surface area contributed by atoms with Crippen LogP contribution in [0.5, 0.6) is 0 Å². The van der Waals surface area contributed by atoms with Crippen molar-refractivity contribution in [1.29, 1.82) is 0 Å². The molecule has 1 aliphatic rings. The summed E-state index contributed by atoms with van der Waals surface area (Å²) in [5, 5.41) is 16.2. The molecule has 120 valence electrons. The highest BCUT2D eigenvalue weighted by Crippen LogP contribution is 2.30. The fraction of sp³-hybridized carbons (Fsp3) is 0.353. The van der Waals surface area contributed by atoms with Crippen LogP contribution in [0.3, 0.4) is 0 Å². The summed E-state index contributed by atoms with van der Waals surface area (Å²) >= 11 is 0. The SMILES string of the molecule is O=C(O)C1CCCC(C(=O)Nc2cccc(-n3cccn3)c2)C1. The third kappa shape index (κ3) is 3.59. The van der Waals surface area contributed by atoms with Gasteiger partial charge in [-0.1, -0.05) is 12.5 Å². The van der Waals surface area contributed by atoms with E-state index in [1.165, 1.54) is 0 Å². The quantitative estimate of drug-likeness (QED) is 0.909. The Balaban J connectivity index is 1.68. The number of carbonyl (C=O) groups excluding carboxylic acids is 1. The maximum atomic E-state index is 12.4. The number of nitrogens with one attached hydrogen (secondary N) is 1. The van der Waals surface area contributed by atoms with Crippen LogP contribution in [-0.2, 0) is 9.59 Å². The zero-order valence-electron chi connectivity index (χ0n) is 12.7. The zero-order valence-corrected chi connectivity index (χ0v) is 12.7. The van der Waals surface area contributed by atoms with Gasteiger partial charge in [-0.25, -0.2) is 4.68 Å². The average molecular weight is 313 g/mol. The number of benzene rings is 1. The van der Waals surface area contributed by atoms with E-state index in [9.17, 15) is 9.59 Å². The summed E-state index contributed by atoms with van der Waals surface area (Å²) in [4.78, 5) is 23.5. The number of aliphatic carboxylic acids is 1. The summed E-state index contributed by atoms with van der Waals surface area (Å²) in [6.07, 6.45) is 6.13. The van der Waals surface area contributed by atoms with Gasteiger partial charge in [0, 0.05) is 24.0 Å². The Hall–Kier alpha value is -2.63. The second kappa shape index (κ2) is 6.64. The lowest BCUT2D eigenvalue weighted by Crippen LogP contribution is -2.30. The van der Waals surface area contributed by atoms with Crippen LogP contribution in [0, 0.1) is 11.8 Å². The number of carboxylic acid groups (broad SMARTS) is 1. The normalized spacial score (nSPS) is 20.9. The maximum Gasteiger partial charge on any atom is 0.306 e. The van der Waals surface area contributed by atoms with Gasteiger partial charge in [-0.2, -0.15) is 5.10 Å². The largest absolute Gasteiger partial charge is 0.481 e. The zero-order chi connectivity index (χ0) is 16.2. The molecule has 2 atom stereocenters. The second-order valence-electron chi connectivity index (χ2n) is 5.89. The topological polar surface area (TPSA) is 84.2 Å². The smallest absolute Gasteiger partial charge is 0.306 e. The highest BCUT2D eigenvalue weighted by Gasteiger charge is 2.31. The first-order valence-corrected chi connectivity index (χ1v) is 7.77. The van der Waals surface area contributed by atoms with Crippen LogP contribution in [0.1, 0.15) is 25.7 Å². The number of amides is 1. The van der Waals surface area contributed by atoms with Gasteiger partial charge in [0.05, 0.1) is 11.6 Å². The standard InChI is InChI=1S/C17H19N3O3/c21-16(12-4-1-5-13(10-12)17(22)23)19-14-6-2-7-15(11-14)20-9-3-8-18-20/h2-3,6-9,11-13H,1,4-5,10H2,(H,19,21)(H,22,23). The van der Waals surface area contributed by atoms with Crippen molar-refractivity contribution in [3.8, 4) is 5.69 Å². The third-order valence-electron chi connectivity index (χ3n) is 4.28. The van der Waals surface area contributed by atoms with Crippen LogP contribution in [0.2, 0.25) is 0 Å². The molecule has 0 saturated heterocycles. The Morgan fingerprint density at radius 3 is 2.78 bits per heavy atom. The van der Waals surface area contributed by atoms with E-state index in [1.54, 1.807) is 10.9 Å². The molecule has 0 bridgehead atoms. The van der Waals surface area contributed by atoms with Crippen molar-refractivity contribution in [3.63, 3.8) is 0 Å². The van der Waals surface area contributed by atoms with E-state index in [0.29, 0.717) is 18.5 Å². The van der Waals surface area contributed by atoms with Crippen LogP contribution in [0.25, 0.3) is 5.69 Å². The molecule has 6 heteroatoms. The van der Waals surface area contributed by atoms with E-state index >= 15 is 0 Å². The monoisotopic (exact) mass is 313 g/mol. The van der Waals surface area contributed by atoms with Crippen LogP contribution >= 0.6 is 0 Å². The van der Waals surface area contributed by atoms with E-state index in [-0.39, 0.29) is 11.8 Å². The molecule has 1 aliphatic carbocycles. The van der Waals surface area contributed by atoms with Crippen LogP contribution in [0.15, 0.2) is 42.7 Å². The number of hydrogen-bond donors (Lipinski definition) is 2. The lowest BCUT2D eigenvalue weighted by Gasteiger charge is -2.25. The van der Waals surface area contributed by atoms with Crippen LogP contribution in [0.4, 0.5) is 5.69 Å². The molecule has 1 heterocycles. The number of aromatic nitrogens is 2. The first-order chi connectivity index (χ1) is 11.1. The summed E-state index contributed by atoms with van der Waals surface area (Å²) in [6, 6.07) is 9.27. The minimum atomic E-state index is -0.803. The third-order valence-corrected chi connectivity index (χ3v) is 4.28. The number of anilines is 1. The minimum Gasteiger partial charge on any atom is -0.481 e. The van der Waals surface area contributed by atoms with Crippen LogP contribution in [-0.4, -0.2) is 26.8 Å². The van der Waals surface area contributed by atoms with Crippen molar-refractivity contribution in [2.45, 2.75) is 25.7 Å². The molecule has 1 saturated carbocycles. The first kappa shape index (κ1) is 15.3. The van der Waals surface area contributed by atoms with E-state index in [4.69, 9.17) is 5.11 Å². The Bertz CT molecular complexity index is 697. The predicted molar refractivity (Wildman–Crippen MR) is 85.3 cm³/mol. The van der Waals surface area contributed by atoms with E-state index in [1.807, 2.05) is 36.5 Å². The van der Waals surface area contributed by atoms with Crippen molar-refractivity contribution < 1.29 is 14.7 Å². The predicted octanol–water partition coefficient (Wildman–Crippen LogP) is 2.70. The minimum absolute atomic E-state index is 0.103. The molecule has 0 radical (unpaired) electrons. The number of hydrogen-bond acceptors (Lipinski definition) is 3. The Morgan fingerprint density at radius 1 is 1.22 bits per heavy atom. The number of rotatable bonds is 4. The molecular weight excluding hydrogens is 294 g/mol. The van der Waals surface area contributed by atoms with Gasteiger partial charge in [-0.05, 0) is 43.5 Å². The van der Waals surface area contributed by atoms with Crippen molar-refractivity contribution in [1.82, 2.24) is 9.78 Å². The summed E-state index contributed by atoms with van der Waals surface area (Å²) in [6.45, 7) is 0. The molecule has 23 heavy (non-hydrogen) atoms. The van der Waals surface area contributed by atoms with Gasteiger partial charge < -0.3 is 10.4 Å². The lowest BCUT2D eigenvalue weighted by molar-refractivity contribution is -0.143. The molecule has 0 aliphatic heterocycles. The Labute approximate surface area is 134 Å². The average Bonchev–Trinajstić information content (AvgIpc) is 3.10. The molecule has 0 spiro atoms. The molecule has 1 aromatic heterocycles. The van der Waals surface area contributed by atoms with Gasteiger partial charge in [0.15, 0.2) is 0 Å². The molecule has 1 aromatic carbocycles. The first-order valence-electron chi connectivity index (χ1n) is 7.77. The van der Waals surface area contributed by atoms with Crippen molar-refractivity contribution in [3.05, 3.63) is 42.7 Å². The van der Waals surface area contributed by atoms with E-state index < -0.39 is 11.9 Å². The summed E-state index contributed by atoms with van der Waals surface area (Å²) in [5.74, 6) is -1.55. The van der Waals surface area contributed by atoms with Gasteiger partial charge >= 0.3 is 5.97 Å². The molecule has 1 amide bonds. The molecule has 6 nitrogen and oxygen atoms in total. The molecule has 2 aromatic rings. The van der Waals surface area contributed by atoms with Crippen molar-refractivity contribution >= 4 is 17.6 Å². The fourth-order valence-corrected chi connectivity index (χ4v) is 3.04. The van der Waals surface area contributed by atoms with Gasteiger partial charge in [0.1, 0.15) is 0 Å². The van der Waals surface area contributed by atoms with Gasteiger partial charge in [0.2, 0.25) is 5.91 Å². The Kier molecular flexibility index (Phi) is 4.41. The number of nitrogens with zero attached hydrogens (tertiary/aromatic N) is 2. The molecule has 1 fully saturated rings. The highest BCUT2D eigenvalue weighted by molar-refractivity contribution is 5.93. The van der Waals surface area contributed by atoms with E-state index in [2.05, 4.69) is 10.4 Å². The molecule has 3 rings (SSSR count). The summed E-state index contributed by atoms with van der Waals surface area (Å²) in [7, 11) is 0.